The molecule has 24 heavy (non-hydrogen) atoms. The molecule has 0 bridgehead atoms. The molecule has 1 aliphatic heterocycles. The van der Waals surface area contributed by atoms with Gasteiger partial charge in [0.05, 0.1) is 0 Å². The number of nitrogens with zero attached hydrogens (tertiary/aromatic N) is 3. The number of hydrogen-bond acceptors (Lipinski definition) is 4. The largest absolute Gasteiger partial charge is 0.474 e. The monoisotopic (exact) mass is 332 g/mol. The summed E-state index contributed by atoms with van der Waals surface area (Å²) in [6.45, 7) is 3.34. The molecule has 0 unspecified atom stereocenters. The molecule has 1 aromatic heterocycles. The molecule has 0 radical (unpaired) electrons. The first kappa shape index (κ1) is 17.0. The third-order valence-corrected chi connectivity index (χ3v) is 4.95. The first-order valence-electron chi connectivity index (χ1n) is 9.22. The van der Waals surface area contributed by atoms with Crippen molar-refractivity contribution in [2.24, 2.45) is 0 Å². The Kier molecular flexibility index (Phi) is 5.88. The molecule has 2 heterocycles. The van der Waals surface area contributed by atoms with Crippen LogP contribution in [-0.2, 0) is 0 Å². The van der Waals surface area contributed by atoms with Crippen LogP contribution in [0.3, 0.4) is 0 Å². The van der Waals surface area contributed by atoms with Gasteiger partial charge in [0.25, 0.3) is 0 Å². The highest BCUT2D eigenvalue weighted by molar-refractivity contribution is 5.74. The summed E-state index contributed by atoms with van der Waals surface area (Å²) in [5, 5.41) is 3.23. The van der Waals surface area contributed by atoms with Crippen molar-refractivity contribution in [2.75, 3.05) is 13.1 Å². The van der Waals surface area contributed by atoms with Crippen molar-refractivity contribution < 1.29 is 9.53 Å². The predicted octanol–water partition coefficient (Wildman–Crippen LogP) is 3.06. The van der Waals surface area contributed by atoms with Crippen molar-refractivity contribution >= 4 is 6.03 Å². The Hall–Kier alpha value is -1.85. The Morgan fingerprint density at radius 1 is 1.17 bits per heavy atom. The van der Waals surface area contributed by atoms with Gasteiger partial charge in [0.2, 0.25) is 5.88 Å². The van der Waals surface area contributed by atoms with E-state index in [1.165, 1.54) is 25.7 Å². The molecule has 1 aliphatic carbocycles. The molecule has 1 N–H and O–H groups in total. The van der Waals surface area contributed by atoms with Gasteiger partial charge in [-0.1, -0.05) is 25.7 Å². The smallest absolute Gasteiger partial charge is 0.317 e. The Morgan fingerprint density at radius 2 is 1.88 bits per heavy atom. The summed E-state index contributed by atoms with van der Waals surface area (Å²) >= 11 is 0. The number of likely N-dealkylation sites (tertiary alicyclic amines) is 1. The van der Waals surface area contributed by atoms with E-state index in [-0.39, 0.29) is 12.1 Å². The number of hydrogen-bond donors (Lipinski definition) is 1. The van der Waals surface area contributed by atoms with Crippen LogP contribution >= 0.6 is 0 Å². The predicted molar refractivity (Wildman–Crippen MR) is 92.0 cm³/mol. The molecule has 132 valence electrons. The molecule has 0 atom stereocenters. The van der Waals surface area contributed by atoms with E-state index in [0.717, 1.165) is 38.8 Å². The van der Waals surface area contributed by atoms with Crippen LogP contribution < -0.4 is 10.1 Å². The Balaban J connectivity index is 1.43. The second kappa shape index (κ2) is 8.31. The van der Waals surface area contributed by atoms with Gasteiger partial charge in [0.15, 0.2) is 0 Å². The molecule has 3 rings (SSSR count). The van der Waals surface area contributed by atoms with E-state index < -0.39 is 0 Å². The highest BCUT2D eigenvalue weighted by Crippen LogP contribution is 2.19. The molecular formula is C18H28N4O2. The topological polar surface area (TPSA) is 67.3 Å². The van der Waals surface area contributed by atoms with Crippen LogP contribution in [0, 0.1) is 6.92 Å². The van der Waals surface area contributed by atoms with Crippen LogP contribution in [0.25, 0.3) is 0 Å². The first-order chi connectivity index (χ1) is 11.7. The summed E-state index contributed by atoms with van der Waals surface area (Å²) in [4.78, 5) is 22.7. The molecule has 6 heteroatoms. The van der Waals surface area contributed by atoms with Crippen molar-refractivity contribution in [1.82, 2.24) is 20.2 Å². The molecule has 2 aliphatic rings. The zero-order valence-corrected chi connectivity index (χ0v) is 14.5. The number of amides is 2. The Bertz CT molecular complexity index is 536. The molecule has 1 saturated carbocycles. The molecule has 2 fully saturated rings. The number of piperidine rings is 1. The van der Waals surface area contributed by atoms with Crippen LogP contribution in [0.1, 0.15) is 57.2 Å². The average molecular weight is 332 g/mol. The van der Waals surface area contributed by atoms with E-state index in [1.54, 1.807) is 12.3 Å². The maximum absolute atomic E-state index is 12.4. The fraction of sp³-hybridized carbons (Fsp3) is 0.722. The molecule has 1 saturated heterocycles. The summed E-state index contributed by atoms with van der Waals surface area (Å²) in [5.74, 6) is 1.34. The van der Waals surface area contributed by atoms with Gasteiger partial charge in [-0.2, -0.15) is 4.98 Å². The van der Waals surface area contributed by atoms with Gasteiger partial charge in [0.1, 0.15) is 11.9 Å². The molecule has 0 spiro atoms. The van der Waals surface area contributed by atoms with Crippen molar-refractivity contribution in [3.63, 3.8) is 0 Å². The minimum atomic E-state index is 0.0956. The van der Waals surface area contributed by atoms with Crippen molar-refractivity contribution in [2.45, 2.75) is 70.4 Å². The molecule has 0 aromatic carbocycles. The molecular weight excluding hydrogens is 304 g/mol. The number of aromatic nitrogens is 2. The van der Waals surface area contributed by atoms with E-state index >= 15 is 0 Å². The van der Waals surface area contributed by atoms with Gasteiger partial charge >= 0.3 is 6.03 Å². The third kappa shape index (κ3) is 4.82. The third-order valence-electron chi connectivity index (χ3n) is 4.95. The minimum Gasteiger partial charge on any atom is -0.474 e. The van der Waals surface area contributed by atoms with Crippen LogP contribution in [0.4, 0.5) is 4.79 Å². The van der Waals surface area contributed by atoms with Crippen molar-refractivity contribution in [3.05, 3.63) is 18.1 Å². The maximum atomic E-state index is 12.4. The zero-order chi connectivity index (χ0) is 16.8. The zero-order valence-electron chi connectivity index (χ0n) is 14.5. The maximum Gasteiger partial charge on any atom is 0.317 e. The van der Waals surface area contributed by atoms with Crippen molar-refractivity contribution in [3.8, 4) is 5.88 Å². The number of ether oxygens (including phenoxy) is 1. The molecule has 1 aromatic rings. The number of aryl methyl sites for hydroxylation is 1. The van der Waals surface area contributed by atoms with E-state index in [4.69, 9.17) is 4.74 Å². The van der Waals surface area contributed by atoms with Crippen LogP contribution in [-0.4, -0.2) is 46.1 Å². The lowest BCUT2D eigenvalue weighted by atomic mass is 10.1. The number of rotatable bonds is 3. The van der Waals surface area contributed by atoms with Gasteiger partial charge in [-0.25, -0.2) is 9.78 Å². The van der Waals surface area contributed by atoms with Gasteiger partial charge < -0.3 is 15.0 Å². The molecule has 2 amide bonds. The quantitative estimate of drug-likeness (QED) is 0.864. The SMILES string of the molecule is Cc1nccc(OC2CCN(C(=O)NC3CCCCCC3)CC2)n1. The standard InChI is InChI=1S/C18H28N4O2/c1-14-19-11-8-17(20-14)24-16-9-12-22(13-10-16)18(23)21-15-6-4-2-3-5-7-15/h8,11,15-16H,2-7,9-10,12-13H2,1H3,(H,21,23). The van der Waals surface area contributed by atoms with Gasteiger partial charge in [-0.05, 0) is 19.8 Å². The molecule has 6 nitrogen and oxygen atoms in total. The average Bonchev–Trinajstić information content (AvgIpc) is 2.84. The normalized spacial score (nSPS) is 20.5. The lowest BCUT2D eigenvalue weighted by molar-refractivity contribution is 0.106. The number of carbonyl (C=O) groups is 1. The van der Waals surface area contributed by atoms with Gasteiger partial charge in [0, 0.05) is 44.2 Å². The van der Waals surface area contributed by atoms with E-state index in [1.807, 2.05) is 11.8 Å². The fourth-order valence-corrected chi connectivity index (χ4v) is 3.54. The van der Waals surface area contributed by atoms with Crippen molar-refractivity contribution in [1.29, 1.82) is 0 Å². The second-order valence-electron chi connectivity index (χ2n) is 6.88. The van der Waals surface area contributed by atoms with Crippen LogP contribution in [0.15, 0.2) is 12.3 Å². The number of nitrogens with one attached hydrogen (secondary N) is 1. The first-order valence-corrected chi connectivity index (χ1v) is 9.22. The summed E-state index contributed by atoms with van der Waals surface area (Å²) in [6.07, 6.45) is 10.9. The summed E-state index contributed by atoms with van der Waals surface area (Å²) < 4.78 is 5.92. The second-order valence-corrected chi connectivity index (χ2v) is 6.88. The highest BCUT2D eigenvalue weighted by Gasteiger charge is 2.25. The van der Waals surface area contributed by atoms with E-state index in [9.17, 15) is 4.79 Å². The fourth-order valence-electron chi connectivity index (χ4n) is 3.54. The lowest BCUT2D eigenvalue weighted by Gasteiger charge is -2.33. The summed E-state index contributed by atoms with van der Waals surface area (Å²) in [7, 11) is 0. The summed E-state index contributed by atoms with van der Waals surface area (Å²) in [6, 6.07) is 2.24. The van der Waals surface area contributed by atoms with E-state index in [0.29, 0.717) is 17.7 Å². The Morgan fingerprint density at radius 3 is 2.54 bits per heavy atom. The highest BCUT2D eigenvalue weighted by atomic mass is 16.5. The van der Waals surface area contributed by atoms with Crippen LogP contribution in [0.2, 0.25) is 0 Å². The lowest BCUT2D eigenvalue weighted by Crippen LogP contribution is -2.49. The van der Waals surface area contributed by atoms with Gasteiger partial charge in [-0.3, -0.25) is 0 Å². The Labute approximate surface area is 144 Å². The number of carbonyl (C=O) groups excluding carboxylic acids is 1. The van der Waals surface area contributed by atoms with E-state index in [2.05, 4.69) is 15.3 Å². The van der Waals surface area contributed by atoms with Crippen LogP contribution in [0.5, 0.6) is 5.88 Å². The number of urea groups is 1. The minimum absolute atomic E-state index is 0.0956. The summed E-state index contributed by atoms with van der Waals surface area (Å²) in [5.41, 5.74) is 0. The van der Waals surface area contributed by atoms with Gasteiger partial charge in [-0.15, -0.1) is 0 Å².